The number of halogens is 3. The van der Waals surface area contributed by atoms with E-state index in [0.717, 1.165) is 43.4 Å². The molecule has 1 saturated heterocycles. The van der Waals surface area contributed by atoms with Crippen LogP contribution < -0.4 is 9.47 Å². The second-order valence-corrected chi connectivity index (χ2v) is 11.6. The first-order valence-electron chi connectivity index (χ1n) is 14.5. The van der Waals surface area contributed by atoms with Gasteiger partial charge in [0.25, 0.3) is 0 Å². The molecule has 1 aliphatic heterocycles. The van der Waals surface area contributed by atoms with Crippen molar-refractivity contribution in [3.05, 3.63) is 94.6 Å². The zero-order valence-electron chi connectivity index (χ0n) is 23.9. The maximum atomic E-state index is 14.9. The van der Waals surface area contributed by atoms with Crippen molar-refractivity contribution in [1.29, 1.82) is 0 Å². The lowest BCUT2D eigenvalue weighted by molar-refractivity contribution is 0.0696. The Kier molecular flexibility index (Phi) is 8.19. The summed E-state index contributed by atoms with van der Waals surface area (Å²) in [6.45, 7) is 8.80. The Hall–Kier alpha value is -4.56. The minimum Gasteiger partial charge on any atom is -0.490 e. The number of hydrogen-bond donors (Lipinski definition) is 1. The molecule has 0 atom stereocenters. The molecule has 4 aromatic rings. The molecule has 0 radical (unpaired) electrons. The number of hydrogen-bond acceptors (Lipinski definition) is 5. The molecule has 44 heavy (non-hydrogen) atoms. The number of aromatic carboxylic acids is 1. The Balaban J connectivity index is 1.09. The highest BCUT2D eigenvalue weighted by Gasteiger charge is 2.44. The average Bonchev–Trinajstić information content (AvgIpc) is 3.72. The molecule has 228 valence electrons. The molecule has 0 spiro atoms. The third-order valence-electron chi connectivity index (χ3n) is 8.41. The summed E-state index contributed by atoms with van der Waals surface area (Å²) in [4.78, 5) is 21.5. The van der Waals surface area contributed by atoms with Gasteiger partial charge in [0, 0.05) is 25.0 Å². The maximum Gasteiger partial charge on any atom is 0.335 e. The summed E-state index contributed by atoms with van der Waals surface area (Å²) in [7, 11) is 0. The summed E-state index contributed by atoms with van der Waals surface area (Å²) >= 11 is 0. The van der Waals surface area contributed by atoms with Gasteiger partial charge in [-0.1, -0.05) is 18.2 Å². The molecular formula is C33H31F3N4O4. The highest BCUT2D eigenvalue weighted by Crippen LogP contribution is 2.48. The van der Waals surface area contributed by atoms with E-state index in [4.69, 9.17) is 16.0 Å². The van der Waals surface area contributed by atoms with Gasteiger partial charge in [0.2, 0.25) is 0 Å². The van der Waals surface area contributed by atoms with Gasteiger partial charge in [-0.15, -0.1) is 0 Å². The summed E-state index contributed by atoms with van der Waals surface area (Å²) in [5.74, 6) is -1.17. The molecule has 8 nitrogen and oxygen atoms in total. The van der Waals surface area contributed by atoms with Gasteiger partial charge < -0.3 is 19.1 Å². The lowest BCUT2D eigenvalue weighted by Gasteiger charge is -2.32. The van der Waals surface area contributed by atoms with Gasteiger partial charge in [0.15, 0.2) is 23.1 Å². The summed E-state index contributed by atoms with van der Waals surface area (Å²) in [6.07, 6.45) is 2.91. The highest BCUT2D eigenvalue weighted by molar-refractivity contribution is 5.92. The smallest absolute Gasteiger partial charge is 0.335 e. The molecule has 1 aromatic heterocycles. The molecule has 1 aliphatic carbocycles. The van der Waals surface area contributed by atoms with Crippen LogP contribution in [0.3, 0.4) is 0 Å². The van der Waals surface area contributed by atoms with Crippen molar-refractivity contribution in [2.45, 2.75) is 51.5 Å². The van der Waals surface area contributed by atoms with Gasteiger partial charge in [0.1, 0.15) is 29.8 Å². The van der Waals surface area contributed by atoms with Crippen LogP contribution in [-0.4, -0.2) is 51.4 Å². The topological polar surface area (TPSA) is 81.2 Å². The number of alkyl halides is 1. The largest absolute Gasteiger partial charge is 0.490 e. The number of ether oxygens (including phenoxy) is 2. The number of imidazole rings is 1. The van der Waals surface area contributed by atoms with Crippen molar-refractivity contribution in [3.63, 3.8) is 0 Å². The van der Waals surface area contributed by atoms with E-state index in [0.29, 0.717) is 43.3 Å². The third kappa shape index (κ3) is 6.36. The quantitative estimate of drug-likeness (QED) is 0.187. The van der Waals surface area contributed by atoms with Gasteiger partial charge in [-0.25, -0.2) is 23.4 Å². The second kappa shape index (κ2) is 12.2. The Morgan fingerprint density at radius 3 is 2.57 bits per heavy atom. The normalized spacial score (nSPS) is 16.5. The standard InChI is InChI=1S/C33H31F3N4O4/c1-37-23-5-6-29(26(35)16-23)43-18-21-3-2-4-25(13-21)44-24-7-11-39(12-8-24)17-30-38-31-27(36)14-22(32(41)42)15-28(31)40(30)20-33(19-34)9-10-33/h2-6,13-16,24H,7-12,17-20H2,(H,41,42). The van der Waals surface area contributed by atoms with E-state index >= 15 is 0 Å². The van der Waals surface area contributed by atoms with Crippen molar-refractivity contribution >= 4 is 22.7 Å². The summed E-state index contributed by atoms with van der Waals surface area (Å²) < 4.78 is 56.6. The van der Waals surface area contributed by atoms with Crippen molar-refractivity contribution in [2.75, 3.05) is 19.8 Å². The molecule has 3 aromatic carbocycles. The third-order valence-corrected chi connectivity index (χ3v) is 8.41. The van der Waals surface area contributed by atoms with Crippen LogP contribution in [0.5, 0.6) is 11.5 Å². The number of carbonyl (C=O) groups is 1. The van der Waals surface area contributed by atoms with Crippen molar-refractivity contribution in [1.82, 2.24) is 14.5 Å². The van der Waals surface area contributed by atoms with E-state index < -0.39 is 29.7 Å². The molecule has 1 saturated carbocycles. The first-order valence-corrected chi connectivity index (χ1v) is 14.5. The fraction of sp³-hybridized carbons (Fsp3) is 0.364. The van der Waals surface area contributed by atoms with E-state index in [1.807, 2.05) is 24.3 Å². The monoisotopic (exact) mass is 604 g/mol. The maximum absolute atomic E-state index is 14.9. The van der Waals surface area contributed by atoms with Crippen LogP contribution in [0, 0.1) is 23.6 Å². The van der Waals surface area contributed by atoms with Gasteiger partial charge in [0.05, 0.1) is 30.9 Å². The second-order valence-electron chi connectivity index (χ2n) is 11.6. The van der Waals surface area contributed by atoms with Crippen LogP contribution in [0.15, 0.2) is 54.6 Å². The van der Waals surface area contributed by atoms with Crippen LogP contribution in [0.2, 0.25) is 0 Å². The minimum absolute atomic E-state index is 0.0308. The number of fused-ring (bicyclic) bond motifs is 1. The Labute approximate surface area is 252 Å². The Morgan fingerprint density at radius 1 is 1.09 bits per heavy atom. The summed E-state index contributed by atoms with van der Waals surface area (Å²) in [5, 5.41) is 9.46. The molecule has 2 heterocycles. The van der Waals surface area contributed by atoms with Gasteiger partial charge in [-0.05, 0) is 67.6 Å². The first kappa shape index (κ1) is 29.5. The highest BCUT2D eigenvalue weighted by atomic mass is 19.1. The fourth-order valence-electron chi connectivity index (χ4n) is 5.62. The van der Waals surface area contributed by atoms with Crippen LogP contribution in [0.1, 0.15) is 47.4 Å². The number of likely N-dealkylation sites (tertiary alicyclic amines) is 1. The molecule has 0 amide bonds. The van der Waals surface area contributed by atoms with Gasteiger partial charge >= 0.3 is 5.97 Å². The predicted octanol–water partition coefficient (Wildman–Crippen LogP) is 6.94. The molecule has 11 heteroatoms. The Bertz CT molecular complexity index is 1740. The van der Waals surface area contributed by atoms with E-state index in [2.05, 4.69) is 14.7 Å². The SMILES string of the molecule is [C-]#[N+]c1ccc(OCc2cccc(OC3CCN(Cc4nc5c(F)cc(C(=O)O)cc5n4CC4(CF)CC4)CC3)c2)c(F)c1. The van der Waals surface area contributed by atoms with Gasteiger partial charge in [-0.3, -0.25) is 9.29 Å². The molecule has 0 unspecified atom stereocenters. The van der Waals surface area contributed by atoms with E-state index in [-0.39, 0.29) is 35.2 Å². The number of aromatic nitrogens is 2. The number of nitrogens with zero attached hydrogens (tertiary/aromatic N) is 4. The minimum atomic E-state index is -1.23. The number of rotatable bonds is 11. The fourth-order valence-corrected chi connectivity index (χ4v) is 5.62. The van der Waals surface area contributed by atoms with Crippen molar-refractivity contribution < 1.29 is 32.5 Å². The van der Waals surface area contributed by atoms with Crippen LogP contribution in [0.4, 0.5) is 18.9 Å². The lowest BCUT2D eigenvalue weighted by Crippen LogP contribution is -2.38. The van der Waals surface area contributed by atoms with Gasteiger partial charge in [-0.2, -0.15) is 0 Å². The molecular weight excluding hydrogens is 573 g/mol. The molecule has 1 N–H and O–H groups in total. The number of carboxylic acids is 1. The van der Waals surface area contributed by atoms with Crippen LogP contribution in [0.25, 0.3) is 15.9 Å². The zero-order chi connectivity index (χ0) is 30.8. The van der Waals surface area contributed by atoms with Crippen molar-refractivity contribution in [3.8, 4) is 11.5 Å². The lowest BCUT2D eigenvalue weighted by atomic mass is 10.1. The van der Waals surface area contributed by atoms with E-state index in [9.17, 15) is 23.1 Å². The molecule has 2 fully saturated rings. The summed E-state index contributed by atoms with van der Waals surface area (Å²) in [5.41, 5.74) is 0.834. The zero-order valence-corrected chi connectivity index (χ0v) is 23.9. The van der Waals surface area contributed by atoms with E-state index in [1.165, 1.54) is 18.2 Å². The molecule has 0 bridgehead atoms. The Morgan fingerprint density at radius 2 is 1.89 bits per heavy atom. The van der Waals surface area contributed by atoms with Crippen molar-refractivity contribution in [2.24, 2.45) is 5.41 Å². The summed E-state index contributed by atoms with van der Waals surface area (Å²) in [6, 6.07) is 13.9. The molecule has 2 aliphatic rings. The number of carboxylic acid groups (broad SMARTS) is 1. The average molecular weight is 605 g/mol. The van der Waals surface area contributed by atoms with Crippen LogP contribution >= 0.6 is 0 Å². The van der Waals surface area contributed by atoms with Crippen LogP contribution in [-0.2, 0) is 19.7 Å². The molecule has 6 rings (SSSR count). The number of benzene rings is 3. The predicted molar refractivity (Wildman–Crippen MR) is 157 cm³/mol. The number of piperidine rings is 1. The van der Waals surface area contributed by atoms with E-state index in [1.54, 1.807) is 4.57 Å². The first-order chi connectivity index (χ1) is 21.3.